The van der Waals surface area contributed by atoms with Gasteiger partial charge in [-0.05, 0) is 67.8 Å². The summed E-state index contributed by atoms with van der Waals surface area (Å²) in [7, 11) is -3.60. The maximum Gasteiger partial charge on any atom is 0.245 e. The molecule has 0 spiro atoms. The second-order valence-electron chi connectivity index (χ2n) is 6.99. The average Bonchev–Trinajstić information content (AvgIpc) is 3.16. The third-order valence-electron chi connectivity index (χ3n) is 4.74. The van der Waals surface area contributed by atoms with Gasteiger partial charge in [0.1, 0.15) is 6.54 Å². The van der Waals surface area contributed by atoms with Gasteiger partial charge in [-0.15, -0.1) is 0 Å². The van der Waals surface area contributed by atoms with Crippen LogP contribution in [-0.4, -0.2) is 40.2 Å². The van der Waals surface area contributed by atoms with Crippen molar-refractivity contribution in [2.45, 2.75) is 19.8 Å². The second kappa shape index (κ2) is 8.53. The smallest absolute Gasteiger partial charge is 0.245 e. The van der Waals surface area contributed by atoms with Crippen LogP contribution in [0.1, 0.15) is 18.4 Å². The second-order valence-corrected chi connectivity index (χ2v) is 9.75. The summed E-state index contributed by atoms with van der Waals surface area (Å²) in [6, 6.07) is 12.8. The van der Waals surface area contributed by atoms with Gasteiger partial charge in [-0.3, -0.25) is 9.10 Å². The zero-order valence-electron chi connectivity index (χ0n) is 16.0. The van der Waals surface area contributed by atoms with Crippen LogP contribution < -0.4 is 14.5 Å². The van der Waals surface area contributed by atoms with E-state index in [-0.39, 0.29) is 12.5 Å². The number of hydrogen-bond donors (Lipinski definition) is 1. The third-order valence-corrected chi connectivity index (χ3v) is 6.77. The van der Waals surface area contributed by atoms with E-state index in [1.165, 1.54) is 12.8 Å². The molecule has 0 saturated carbocycles. The first-order valence-electron chi connectivity index (χ1n) is 9.13. The molecule has 1 fully saturated rings. The molecule has 1 saturated heterocycles. The molecule has 2 aromatic carbocycles. The van der Waals surface area contributed by atoms with E-state index in [0.29, 0.717) is 11.4 Å². The lowest BCUT2D eigenvalue weighted by Crippen LogP contribution is -2.37. The van der Waals surface area contributed by atoms with Crippen LogP contribution in [0.5, 0.6) is 0 Å². The van der Waals surface area contributed by atoms with E-state index in [1.54, 1.807) is 18.2 Å². The number of rotatable bonds is 6. The highest BCUT2D eigenvalue weighted by atomic mass is 79.9. The maximum atomic E-state index is 12.5. The zero-order chi connectivity index (χ0) is 20.3. The quantitative estimate of drug-likeness (QED) is 0.704. The summed E-state index contributed by atoms with van der Waals surface area (Å²) in [6.45, 7) is 3.70. The van der Waals surface area contributed by atoms with Gasteiger partial charge in [0.25, 0.3) is 0 Å². The number of carbonyl (C=O) groups excluding carboxylic acids is 1. The Labute approximate surface area is 174 Å². The van der Waals surface area contributed by atoms with Crippen LogP contribution >= 0.6 is 15.9 Å². The van der Waals surface area contributed by atoms with E-state index in [9.17, 15) is 13.2 Å². The lowest BCUT2D eigenvalue weighted by atomic mass is 10.2. The minimum Gasteiger partial charge on any atom is -0.372 e. The summed E-state index contributed by atoms with van der Waals surface area (Å²) in [6.07, 6.45) is 3.51. The van der Waals surface area contributed by atoms with Crippen molar-refractivity contribution in [2.75, 3.05) is 40.4 Å². The van der Waals surface area contributed by atoms with Gasteiger partial charge in [0.05, 0.1) is 11.9 Å². The first-order valence-corrected chi connectivity index (χ1v) is 11.8. The Morgan fingerprint density at radius 1 is 1.14 bits per heavy atom. The number of aryl methyl sites for hydroxylation is 1. The topological polar surface area (TPSA) is 69.7 Å². The summed E-state index contributed by atoms with van der Waals surface area (Å²) < 4.78 is 26.5. The molecular weight excluding hydrogens is 442 g/mol. The molecule has 150 valence electrons. The molecule has 0 bridgehead atoms. The molecule has 0 unspecified atom stereocenters. The molecule has 0 radical (unpaired) electrons. The highest BCUT2D eigenvalue weighted by molar-refractivity contribution is 9.10. The standard InChI is InChI=1S/C20H24BrN3O3S/c1-15-13-18(9-10-19(15)21)24(28(2,26)27)14-20(25)22-16-5-7-17(8-6-16)23-11-3-4-12-23/h5-10,13H,3-4,11-12,14H2,1-2H3,(H,22,25). The normalized spacial score (nSPS) is 14.2. The zero-order valence-corrected chi connectivity index (χ0v) is 18.4. The van der Waals surface area contributed by atoms with Crippen LogP contribution in [0.4, 0.5) is 17.1 Å². The van der Waals surface area contributed by atoms with Gasteiger partial charge in [0.15, 0.2) is 0 Å². The largest absolute Gasteiger partial charge is 0.372 e. The van der Waals surface area contributed by atoms with Crippen LogP contribution in [0.2, 0.25) is 0 Å². The summed E-state index contributed by atoms with van der Waals surface area (Å²) in [5, 5.41) is 2.79. The molecule has 8 heteroatoms. The number of carbonyl (C=O) groups is 1. The van der Waals surface area contributed by atoms with Crippen molar-refractivity contribution in [1.29, 1.82) is 0 Å². The molecule has 0 atom stereocenters. The summed E-state index contributed by atoms with van der Waals surface area (Å²) >= 11 is 3.40. The van der Waals surface area contributed by atoms with Crippen molar-refractivity contribution in [3.8, 4) is 0 Å². The minimum absolute atomic E-state index is 0.284. The molecule has 0 aliphatic carbocycles. The maximum absolute atomic E-state index is 12.5. The molecule has 0 aromatic heterocycles. The van der Waals surface area contributed by atoms with Gasteiger partial charge in [0, 0.05) is 28.9 Å². The van der Waals surface area contributed by atoms with Gasteiger partial charge in [-0.1, -0.05) is 15.9 Å². The highest BCUT2D eigenvalue weighted by Gasteiger charge is 2.21. The number of amides is 1. The number of nitrogens with one attached hydrogen (secondary N) is 1. The molecule has 3 rings (SSSR count). The van der Waals surface area contributed by atoms with Crippen LogP contribution in [0, 0.1) is 6.92 Å². The Kier molecular flexibility index (Phi) is 6.30. The Morgan fingerprint density at radius 2 is 1.79 bits per heavy atom. The fourth-order valence-electron chi connectivity index (χ4n) is 3.25. The van der Waals surface area contributed by atoms with E-state index in [4.69, 9.17) is 0 Å². The molecule has 28 heavy (non-hydrogen) atoms. The van der Waals surface area contributed by atoms with Crippen molar-refractivity contribution in [3.63, 3.8) is 0 Å². The fourth-order valence-corrected chi connectivity index (χ4v) is 4.34. The molecule has 1 aliphatic rings. The molecule has 2 aromatic rings. The monoisotopic (exact) mass is 465 g/mol. The van der Waals surface area contributed by atoms with Gasteiger partial charge < -0.3 is 10.2 Å². The third kappa shape index (κ3) is 5.05. The van der Waals surface area contributed by atoms with Gasteiger partial charge >= 0.3 is 0 Å². The first-order chi connectivity index (χ1) is 13.2. The highest BCUT2D eigenvalue weighted by Crippen LogP contribution is 2.25. The number of nitrogens with zero attached hydrogens (tertiary/aromatic N) is 2. The number of benzene rings is 2. The summed E-state index contributed by atoms with van der Waals surface area (Å²) in [4.78, 5) is 14.8. The molecule has 6 nitrogen and oxygen atoms in total. The van der Waals surface area contributed by atoms with Crippen molar-refractivity contribution < 1.29 is 13.2 Å². The van der Waals surface area contributed by atoms with Gasteiger partial charge in [-0.25, -0.2) is 8.42 Å². The lowest BCUT2D eigenvalue weighted by molar-refractivity contribution is -0.114. The van der Waals surface area contributed by atoms with Crippen LogP contribution in [0.15, 0.2) is 46.9 Å². The SMILES string of the molecule is Cc1cc(N(CC(=O)Nc2ccc(N3CCCC3)cc2)S(C)(=O)=O)ccc1Br. The number of anilines is 3. The average molecular weight is 466 g/mol. The number of hydrogen-bond acceptors (Lipinski definition) is 4. The lowest BCUT2D eigenvalue weighted by Gasteiger charge is -2.22. The van der Waals surface area contributed by atoms with Crippen LogP contribution in [-0.2, 0) is 14.8 Å². The fraction of sp³-hybridized carbons (Fsp3) is 0.350. The predicted octanol–water partition coefficient (Wildman–Crippen LogP) is 3.76. The summed E-state index contributed by atoms with van der Waals surface area (Å²) in [5.41, 5.74) is 3.14. The van der Waals surface area contributed by atoms with E-state index in [2.05, 4.69) is 26.1 Å². The van der Waals surface area contributed by atoms with Crippen molar-refractivity contribution in [1.82, 2.24) is 0 Å². The van der Waals surface area contributed by atoms with E-state index >= 15 is 0 Å². The Bertz CT molecular complexity index is 955. The van der Waals surface area contributed by atoms with Gasteiger partial charge in [0.2, 0.25) is 15.9 Å². The Morgan fingerprint density at radius 3 is 2.36 bits per heavy atom. The van der Waals surface area contributed by atoms with E-state index in [0.717, 1.165) is 39.4 Å². The number of sulfonamides is 1. The van der Waals surface area contributed by atoms with Crippen molar-refractivity contribution in [2.24, 2.45) is 0 Å². The molecule has 1 aliphatic heterocycles. The van der Waals surface area contributed by atoms with E-state index in [1.807, 2.05) is 31.2 Å². The predicted molar refractivity (Wildman–Crippen MR) is 118 cm³/mol. The molecule has 1 amide bonds. The number of halogens is 1. The van der Waals surface area contributed by atoms with Crippen LogP contribution in [0.25, 0.3) is 0 Å². The molecule has 1 N–H and O–H groups in total. The minimum atomic E-state index is -3.60. The molecule has 1 heterocycles. The Hall–Kier alpha value is -2.06. The van der Waals surface area contributed by atoms with E-state index < -0.39 is 10.0 Å². The van der Waals surface area contributed by atoms with Gasteiger partial charge in [-0.2, -0.15) is 0 Å². The van der Waals surface area contributed by atoms with Crippen LogP contribution in [0.3, 0.4) is 0 Å². The Balaban J connectivity index is 1.70. The van der Waals surface area contributed by atoms with Crippen molar-refractivity contribution in [3.05, 3.63) is 52.5 Å². The first kappa shape index (κ1) is 20.7. The van der Waals surface area contributed by atoms with Crippen molar-refractivity contribution >= 4 is 48.9 Å². The molecular formula is C20H24BrN3O3S. The summed E-state index contributed by atoms with van der Waals surface area (Å²) in [5.74, 6) is -0.389.